The number of carbonyl (C=O) groups excluding carboxylic acids is 1. The number of nitro groups is 1. The van der Waals surface area contributed by atoms with Crippen LogP contribution in [-0.2, 0) is 16.6 Å². The van der Waals surface area contributed by atoms with Crippen molar-refractivity contribution in [3.8, 4) is 0 Å². The second kappa shape index (κ2) is 10.1. The fraction of sp³-hybridized carbons (Fsp3) is 0.0833. The lowest BCUT2D eigenvalue weighted by atomic mass is 10.0. The number of sulfonamides is 1. The molecule has 0 saturated carbocycles. The van der Waals surface area contributed by atoms with Crippen molar-refractivity contribution in [3.05, 3.63) is 111 Å². The zero-order chi connectivity index (χ0) is 25.0. The average molecular weight is 509 g/mol. The number of aryl methyl sites for hydroxylation is 1. The number of nitrogens with one attached hydrogen (secondary N) is 2. The molecule has 0 aliphatic rings. The number of anilines is 2. The summed E-state index contributed by atoms with van der Waals surface area (Å²) >= 11 is 1.23. The highest BCUT2D eigenvalue weighted by molar-refractivity contribution is 7.89. The monoisotopic (exact) mass is 508 g/mol. The van der Waals surface area contributed by atoms with E-state index in [0.29, 0.717) is 26.8 Å². The fourth-order valence-corrected chi connectivity index (χ4v) is 5.15. The summed E-state index contributed by atoms with van der Waals surface area (Å²) in [5, 5.41) is 14.6. The fourth-order valence-electron chi connectivity index (χ4n) is 3.31. The van der Waals surface area contributed by atoms with Crippen molar-refractivity contribution < 1.29 is 18.1 Å². The molecule has 0 aliphatic heterocycles. The molecule has 1 aromatic heterocycles. The van der Waals surface area contributed by atoms with Crippen LogP contribution < -0.4 is 10.0 Å². The van der Waals surface area contributed by atoms with E-state index in [2.05, 4.69) is 15.0 Å². The van der Waals surface area contributed by atoms with E-state index in [9.17, 15) is 23.3 Å². The predicted octanol–water partition coefficient (Wildman–Crippen LogP) is 4.81. The number of aromatic nitrogens is 1. The van der Waals surface area contributed by atoms with Crippen LogP contribution in [0, 0.1) is 17.0 Å². The molecule has 35 heavy (non-hydrogen) atoms. The highest BCUT2D eigenvalue weighted by Crippen LogP contribution is 2.26. The minimum Gasteiger partial charge on any atom is -0.332 e. The molecule has 2 N–H and O–H groups in total. The van der Waals surface area contributed by atoms with Gasteiger partial charge < -0.3 is 5.32 Å². The molecular weight excluding hydrogens is 488 g/mol. The molecule has 4 aromatic rings. The summed E-state index contributed by atoms with van der Waals surface area (Å²) in [5.74, 6) is -0.0991. The number of nitrogens with zero attached hydrogens (tertiary/aromatic N) is 2. The van der Waals surface area contributed by atoms with Gasteiger partial charge in [0.25, 0.3) is 5.69 Å². The molecule has 0 spiro atoms. The summed E-state index contributed by atoms with van der Waals surface area (Å²) in [6, 6.07) is 19.3. The van der Waals surface area contributed by atoms with E-state index in [1.807, 2.05) is 25.1 Å². The Hall–Kier alpha value is -3.93. The van der Waals surface area contributed by atoms with E-state index in [1.54, 1.807) is 30.3 Å². The molecule has 0 bridgehead atoms. The van der Waals surface area contributed by atoms with Gasteiger partial charge >= 0.3 is 0 Å². The van der Waals surface area contributed by atoms with Crippen LogP contribution in [-0.4, -0.2) is 24.1 Å². The number of carbonyl (C=O) groups is 1. The Morgan fingerprint density at radius 3 is 2.60 bits per heavy atom. The Kier molecular flexibility index (Phi) is 7.01. The number of nitro benzene ring substituents is 1. The van der Waals surface area contributed by atoms with Crippen molar-refractivity contribution in [1.29, 1.82) is 0 Å². The first-order chi connectivity index (χ1) is 16.7. The average Bonchev–Trinajstić information content (AvgIpc) is 3.31. The summed E-state index contributed by atoms with van der Waals surface area (Å²) in [7, 11) is -3.94. The van der Waals surface area contributed by atoms with Crippen molar-refractivity contribution in [3.63, 3.8) is 0 Å². The third-order valence-electron chi connectivity index (χ3n) is 5.10. The van der Waals surface area contributed by atoms with E-state index in [0.717, 1.165) is 11.6 Å². The molecule has 0 atom stereocenters. The molecule has 0 amide bonds. The zero-order valence-electron chi connectivity index (χ0n) is 18.5. The molecule has 0 saturated heterocycles. The molecular formula is C24H20N4O5S2. The number of thiazole rings is 1. The summed E-state index contributed by atoms with van der Waals surface area (Å²) in [6.45, 7) is 1.86. The highest BCUT2D eigenvalue weighted by Gasteiger charge is 2.18. The van der Waals surface area contributed by atoms with Gasteiger partial charge in [-0.15, -0.1) is 0 Å². The normalized spacial score (nSPS) is 11.2. The number of hydrogen-bond donors (Lipinski definition) is 2. The third kappa shape index (κ3) is 5.77. The van der Waals surface area contributed by atoms with Crippen molar-refractivity contribution >= 4 is 43.6 Å². The second-order valence-corrected chi connectivity index (χ2v) is 10.4. The minimum atomic E-state index is -3.94. The van der Waals surface area contributed by atoms with Gasteiger partial charge in [-0.1, -0.05) is 53.8 Å². The number of benzene rings is 3. The van der Waals surface area contributed by atoms with Crippen molar-refractivity contribution in [2.45, 2.75) is 18.4 Å². The Bertz CT molecular complexity index is 1520. The molecule has 11 heteroatoms. The van der Waals surface area contributed by atoms with Crippen molar-refractivity contribution in [1.82, 2.24) is 9.71 Å². The lowest BCUT2D eigenvalue weighted by Crippen LogP contribution is -2.23. The minimum absolute atomic E-state index is 0.0184. The molecule has 0 aliphatic carbocycles. The molecule has 3 aromatic carbocycles. The molecule has 0 fully saturated rings. The lowest BCUT2D eigenvalue weighted by Gasteiger charge is -2.09. The van der Waals surface area contributed by atoms with Crippen LogP contribution in [0.3, 0.4) is 0 Å². The largest absolute Gasteiger partial charge is 0.332 e. The maximum Gasteiger partial charge on any atom is 0.270 e. The first kappa shape index (κ1) is 24.2. The van der Waals surface area contributed by atoms with Crippen LogP contribution >= 0.6 is 11.3 Å². The van der Waals surface area contributed by atoms with Gasteiger partial charge in [-0.25, -0.2) is 18.1 Å². The van der Waals surface area contributed by atoms with E-state index in [-0.39, 0.29) is 22.9 Å². The molecule has 9 nitrogen and oxygen atoms in total. The van der Waals surface area contributed by atoms with Crippen LogP contribution in [0.4, 0.5) is 16.5 Å². The van der Waals surface area contributed by atoms with Crippen LogP contribution in [0.25, 0.3) is 0 Å². The van der Waals surface area contributed by atoms with Gasteiger partial charge in [-0.2, -0.15) is 0 Å². The van der Waals surface area contributed by atoms with Gasteiger partial charge in [-0.05, 0) is 36.2 Å². The Balaban J connectivity index is 1.44. The maximum absolute atomic E-state index is 12.8. The smallest absolute Gasteiger partial charge is 0.270 e. The van der Waals surface area contributed by atoms with Gasteiger partial charge in [-0.3, -0.25) is 14.9 Å². The van der Waals surface area contributed by atoms with Crippen LogP contribution in [0.2, 0.25) is 0 Å². The van der Waals surface area contributed by atoms with Crippen LogP contribution in [0.1, 0.15) is 26.4 Å². The van der Waals surface area contributed by atoms with Gasteiger partial charge in [0.2, 0.25) is 15.8 Å². The SMILES string of the molecule is Cc1ccccc1C(=O)c1cnc(Nc2cccc(CNS(=O)(=O)c3cccc([N+](=O)[O-])c3)c2)s1. The van der Waals surface area contributed by atoms with Gasteiger partial charge in [0.1, 0.15) is 0 Å². The standard InChI is InChI=1S/C24H20N4O5S2/c1-16-6-2-3-11-21(16)23(29)22-15-25-24(34-22)27-18-8-4-7-17(12-18)14-26-35(32,33)20-10-5-9-19(13-20)28(30)31/h2-13,15,26H,14H2,1H3,(H,25,27). The topological polar surface area (TPSA) is 131 Å². The molecule has 1 heterocycles. The first-order valence-electron chi connectivity index (χ1n) is 10.4. The zero-order valence-corrected chi connectivity index (χ0v) is 20.1. The molecule has 178 valence electrons. The van der Waals surface area contributed by atoms with Crippen molar-refractivity contribution in [2.24, 2.45) is 0 Å². The second-order valence-electron chi connectivity index (χ2n) is 7.58. The summed E-state index contributed by atoms with van der Waals surface area (Å²) in [4.78, 5) is 27.7. The van der Waals surface area contributed by atoms with E-state index in [4.69, 9.17) is 0 Å². The van der Waals surface area contributed by atoms with Crippen LogP contribution in [0.15, 0.2) is 83.9 Å². The predicted molar refractivity (Wildman–Crippen MR) is 134 cm³/mol. The summed E-state index contributed by atoms with van der Waals surface area (Å²) in [6.07, 6.45) is 1.53. The lowest BCUT2D eigenvalue weighted by molar-refractivity contribution is -0.385. The van der Waals surface area contributed by atoms with Crippen LogP contribution in [0.5, 0.6) is 0 Å². The third-order valence-corrected chi connectivity index (χ3v) is 7.41. The maximum atomic E-state index is 12.8. The molecule has 4 rings (SSSR count). The Morgan fingerprint density at radius 1 is 1.06 bits per heavy atom. The van der Waals surface area contributed by atoms with Gasteiger partial charge in [0, 0.05) is 29.9 Å². The number of non-ortho nitro benzene ring substituents is 1. The number of ketones is 1. The quantitative estimate of drug-likeness (QED) is 0.188. The van der Waals surface area contributed by atoms with E-state index >= 15 is 0 Å². The number of rotatable bonds is 9. The van der Waals surface area contributed by atoms with Gasteiger partial charge in [0.05, 0.1) is 20.9 Å². The first-order valence-corrected chi connectivity index (χ1v) is 12.7. The molecule has 0 unspecified atom stereocenters. The van der Waals surface area contributed by atoms with Crippen molar-refractivity contribution in [2.75, 3.05) is 5.32 Å². The van der Waals surface area contributed by atoms with E-state index < -0.39 is 14.9 Å². The van der Waals surface area contributed by atoms with E-state index in [1.165, 1.54) is 35.7 Å². The number of hydrogen-bond acceptors (Lipinski definition) is 8. The molecule has 0 radical (unpaired) electrons. The Labute approximate surface area is 205 Å². The summed E-state index contributed by atoms with van der Waals surface area (Å²) in [5.41, 5.74) is 2.54. The summed E-state index contributed by atoms with van der Waals surface area (Å²) < 4.78 is 27.6. The van der Waals surface area contributed by atoms with Gasteiger partial charge in [0.15, 0.2) is 5.13 Å². The highest BCUT2D eigenvalue weighted by atomic mass is 32.2. The Morgan fingerprint density at radius 2 is 1.83 bits per heavy atom.